The van der Waals surface area contributed by atoms with E-state index in [9.17, 15) is 14.4 Å². The second-order valence-corrected chi connectivity index (χ2v) is 7.92. The van der Waals surface area contributed by atoms with Crippen molar-refractivity contribution < 1.29 is 19.1 Å². The fraction of sp³-hybridized carbons (Fsp3) is 0.269. The average molecular weight is 475 g/mol. The van der Waals surface area contributed by atoms with E-state index >= 15 is 0 Å². The van der Waals surface area contributed by atoms with Crippen molar-refractivity contribution in [3.63, 3.8) is 0 Å². The lowest BCUT2D eigenvalue weighted by molar-refractivity contribution is 0.0523. The number of benzene rings is 1. The van der Waals surface area contributed by atoms with Crippen molar-refractivity contribution in [2.75, 3.05) is 20.3 Å². The van der Waals surface area contributed by atoms with E-state index in [0.29, 0.717) is 36.4 Å². The van der Waals surface area contributed by atoms with Crippen LogP contribution in [0, 0.1) is 6.92 Å². The standard InChI is InChI=1S/C26H26N4O5/c1-4-35-26(33)20-16-19-22(27-21-12-7-8-13-29(21)25(19)32)30(14-9-15-34-3)23(20)28-24(31)18-11-6-5-10-17(18)2/h5-8,10-13,16H,4,9,14-15H2,1-3H3. The number of methoxy groups -OCH3 is 1. The van der Waals surface area contributed by atoms with Crippen molar-refractivity contribution in [3.8, 4) is 0 Å². The summed E-state index contributed by atoms with van der Waals surface area (Å²) in [4.78, 5) is 48.6. The van der Waals surface area contributed by atoms with Gasteiger partial charge in [0.25, 0.3) is 11.5 Å². The van der Waals surface area contributed by atoms with Crippen molar-refractivity contribution in [2.24, 2.45) is 4.99 Å². The van der Waals surface area contributed by atoms with Crippen LogP contribution in [0.1, 0.15) is 39.6 Å². The molecule has 0 unspecified atom stereocenters. The van der Waals surface area contributed by atoms with Gasteiger partial charge >= 0.3 is 5.97 Å². The van der Waals surface area contributed by atoms with Crippen molar-refractivity contribution >= 4 is 28.6 Å². The monoisotopic (exact) mass is 474 g/mol. The normalized spacial score (nSPS) is 11.8. The molecule has 0 aliphatic heterocycles. The summed E-state index contributed by atoms with van der Waals surface area (Å²) in [5, 5.41) is 0.219. The number of rotatable bonds is 7. The second-order valence-electron chi connectivity index (χ2n) is 7.92. The summed E-state index contributed by atoms with van der Waals surface area (Å²) in [6.07, 6.45) is 2.16. The van der Waals surface area contributed by atoms with Crippen molar-refractivity contribution in [1.29, 1.82) is 0 Å². The smallest absolute Gasteiger partial charge is 0.341 e. The summed E-state index contributed by atoms with van der Waals surface area (Å²) >= 11 is 0. The zero-order valence-electron chi connectivity index (χ0n) is 19.9. The van der Waals surface area contributed by atoms with Gasteiger partial charge in [0.15, 0.2) is 5.49 Å². The Hall–Kier alpha value is -4.11. The van der Waals surface area contributed by atoms with Crippen LogP contribution in [0.3, 0.4) is 0 Å². The van der Waals surface area contributed by atoms with E-state index in [4.69, 9.17) is 9.47 Å². The molecule has 0 saturated heterocycles. The quantitative estimate of drug-likeness (QED) is 0.232. The first-order valence-corrected chi connectivity index (χ1v) is 11.3. The number of fused-ring (bicyclic) bond motifs is 2. The molecule has 4 aromatic rings. The highest BCUT2D eigenvalue weighted by atomic mass is 16.5. The third-order valence-corrected chi connectivity index (χ3v) is 5.60. The van der Waals surface area contributed by atoms with Gasteiger partial charge in [0.1, 0.15) is 16.9 Å². The minimum atomic E-state index is -0.677. The Balaban J connectivity index is 2.10. The van der Waals surface area contributed by atoms with E-state index < -0.39 is 11.9 Å². The van der Waals surface area contributed by atoms with Crippen molar-refractivity contribution in [3.05, 3.63) is 87.3 Å². The first-order valence-electron chi connectivity index (χ1n) is 11.3. The van der Waals surface area contributed by atoms with Crippen molar-refractivity contribution in [2.45, 2.75) is 26.8 Å². The van der Waals surface area contributed by atoms with Crippen LogP contribution in [-0.4, -0.2) is 46.2 Å². The molecule has 0 saturated carbocycles. The number of aryl methyl sites for hydroxylation is 2. The molecule has 3 heterocycles. The summed E-state index contributed by atoms with van der Waals surface area (Å²) < 4.78 is 13.5. The predicted octanol–water partition coefficient (Wildman–Crippen LogP) is 2.91. The molecule has 3 aromatic heterocycles. The lowest BCUT2D eigenvalue weighted by atomic mass is 10.1. The minimum absolute atomic E-state index is 0.0217. The number of amides is 1. The zero-order valence-corrected chi connectivity index (χ0v) is 19.9. The van der Waals surface area contributed by atoms with Gasteiger partial charge in [0.2, 0.25) is 0 Å². The van der Waals surface area contributed by atoms with Gasteiger partial charge in [-0.25, -0.2) is 9.78 Å². The summed E-state index contributed by atoms with van der Waals surface area (Å²) in [6.45, 7) is 4.37. The van der Waals surface area contributed by atoms with E-state index in [-0.39, 0.29) is 28.6 Å². The van der Waals surface area contributed by atoms with Crippen LogP contribution in [0.5, 0.6) is 0 Å². The van der Waals surface area contributed by atoms with Crippen LogP contribution in [0.25, 0.3) is 16.7 Å². The number of carbonyl (C=O) groups excluding carboxylic acids is 2. The molecule has 0 radical (unpaired) electrons. The molecule has 1 amide bonds. The molecule has 0 aliphatic rings. The molecule has 0 bridgehead atoms. The molecule has 0 aliphatic carbocycles. The molecule has 9 nitrogen and oxygen atoms in total. The Bertz CT molecular complexity index is 1550. The number of nitrogens with zero attached hydrogens (tertiary/aromatic N) is 4. The molecule has 1 aromatic carbocycles. The van der Waals surface area contributed by atoms with Gasteiger partial charge in [0, 0.05) is 32.0 Å². The third-order valence-electron chi connectivity index (χ3n) is 5.60. The maximum Gasteiger partial charge on any atom is 0.341 e. The fourth-order valence-corrected chi connectivity index (χ4v) is 3.91. The van der Waals surface area contributed by atoms with E-state index in [2.05, 4.69) is 9.98 Å². The van der Waals surface area contributed by atoms with Gasteiger partial charge in [-0.05, 0) is 50.1 Å². The fourth-order valence-electron chi connectivity index (χ4n) is 3.91. The van der Waals surface area contributed by atoms with Gasteiger partial charge in [-0.2, -0.15) is 4.99 Å². The van der Waals surface area contributed by atoms with Crippen LogP contribution < -0.4 is 11.0 Å². The Kier molecular flexibility index (Phi) is 7.17. The maximum absolute atomic E-state index is 13.3. The first kappa shape index (κ1) is 24.0. The Morgan fingerprint density at radius 3 is 2.60 bits per heavy atom. The number of pyridine rings is 2. The molecule has 4 rings (SSSR count). The second kappa shape index (κ2) is 10.4. The Morgan fingerprint density at radius 1 is 1.09 bits per heavy atom. The van der Waals surface area contributed by atoms with Gasteiger partial charge in [-0.15, -0.1) is 0 Å². The molecule has 35 heavy (non-hydrogen) atoms. The number of carbonyl (C=O) groups is 2. The van der Waals surface area contributed by atoms with Gasteiger partial charge in [-0.3, -0.25) is 14.0 Å². The Labute approximate surface area is 201 Å². The highest BCUT2D eigenvalue weighted by Crippen LogP contribution is 2.13. The van der Waals surface area contributed by atoms with Gasteiger partial charge < -0.3 is 14.0 Å². The molecule has 0 fully saturated rings. The van der Waals surface area contributed by atoms with Crippen LogP contribution >= 0.6 is 0 Å². The van der Waals surface area contributed by atoms with Gasteiger partial charge in [0.05, 0.1) is 12.0 Å². The van der Waals surface area contributed by atoms with Crippen LogP contribution in [0.2, 0.25) is 0 Å². The highest BCUT2D eigenvalue weighted by Gasteiger charge is 2.20. The predicted molar refractivity (Wildman–Crippen MR) is 130 cm³/mol. The molecular weight excluding hydrogens is 448 g/mol. The molecular formula is C26H26N4O5. The SMILES string of the molecule is CCOC(=O)c1cc2c(=O)n3ccccc3nc2n(CCCOC)c1=NC(=O)c1ccccc1C. The van der Waals surface area contributed by atoms with Crippen molar-refractivity contribution in [1.82, 2.24) is 14.0 Å². The lowest BCUT2D eigenvalue weighted by Gasteiger charge is -2.15. The van der Waals surface area contributed by atoms with Gasteiger partial charge in [-0.1, -0.05) is 24.3 Å². The number of aromatic nitrogens is 3. The lowest BCUT2D eigenvalue weighted by Crippen LogP contribution is -2.33. The minimum Gasteiger partial charge on any atom is -0.462 e. The molecule has 0 N–H and O–H groups in total. The number of ether oxygens (including phenoxy) is 2. The number of hydrogen-bond acceptors (Lipinski definition) is 6. The maximum atomic E-state index is 13.3. The van der Waals surface area contributed by atoms with E-state index in [1.165, 1.54) is 10.5 Å². The zero-order chi connectivity index (χ0) is 24.9. The molecule has 0 atom stereocenters. The summed E-state index contributed by atoms with van der Waals surface area (Å²) in [6, 6.07) is 13.7. The number of hydrogen-bond donors (Lipinski definition) is 0. The van der Waals surface area contributed by atoms with E-state index in [1.54, 1.807) is 55.1 Å². The largest absolute Gasteiger partial charge is 0.462 e. The van der Waals surface area contributed by atoms with Crippen LogP contribution in [0.4, 0.5) is 0 Å². The molecule has 180 valence electrons. The average Bonchev–Trinajstić information content (AvgIpc) is 2.85. The summed E-state index contributed by atoms with van der Waals surface area (Å²) in [7, 11) is 1.59. The summed E-state index contributed by atoms with van der Waals surface area (Å²) in [5.41, 5.74) is 1.70. The highest BCUT2D eigenvalue weighted by molar-refractivity contribution is 5.98. The summed E-state index contributed by atoms with van der Waals surface area (Å²) in [5.74, 6) is -1.19. The Morgan fingerprint density at radius 2 is 1.86 bits per heavy atom. The van der Waals surface area contributed by atoms with E-state index in [1.807, 2.05) is 19.1 Å². The van der Waals surface area contributed by atoms with Crippen LogP contribution in [-0.2, 0) is 16.0 Å². The molecule has 9 heteroatoms. The topological polar surface area (TPSA) is 104 Å². The third kappa shape index (κ3) is 4.76. The van der Waals surface area contributed by atoms with E-state index in [0.717, 1.165) is 5.56 Å². The number of esters is 1. The van der Waals surface area contributed by atoms with Crippen LogP contribution in [0.15, 0.2) is 64.5 Å². The first-order chi connectivity index (χ1) is 17.0. The molecule has 0 spiro atoms.